The second-order valence-corrected chi connectivity index (χ2v) is 7.43. The van der Waals surface area contributed by atoms with Crippen molar-refractivity contribution in [3.05, 3.63) is 79.6 Å². The highest BCUT2D eigenvalue weighted by atomic mass is 32.1. The summed E-state index contributed by atoms with van der Waals surface area (Å²) in [4.78, 5) is 47.9. The van der Waals surface area contributed by atoms with Gasteiger partial charge in [-0.1, -0.05) is 18.2 Å². The Hall–Kier alpha value is -3.79. The normalized spacial score (nSPS) is 10.5. The number of hydrogen-bond acceptors (Lipinski definition) is 7. The number of aryl methyl sites for hydroxylation is 1. The van der Waals surface area contributed by atoms with Gasteiger partial charge in [0.25, 0.3) is 11.2 Å². The van der Waals surface area contributed by atoms with Gasteiger partial charge in [0, 0.05) is 34.8 Å². The molecule has 10 heteroatoms. The lowest BCUT2D eigenvalue weighted by molar-refractivity contribution is -0.384. The first kappa shape index (κ1) is 21.9. The molecule has 0 aliphatic carbocycles. The van der Waals surface area contributed by atoms with Crippen molar-refractivity contribution in [2.24, 2.45) is 0 Å². The number of nitro benzene ring substituents is 1. The molecule has 0 saturated heterocycles. The number of esters is 1. The second-order valence-electron chi connectivity index (χ2n) is 6.55. The van der Waals surface area contributed by atoms with Crippen LogP contribution in [-0.2, 0) is 16.1 Å². The number of nitro groups is 1. The topological polar surface area (TPSA) is 121 Å². The maximum Gasteiger partial charge on any atom is 0.341 e. The van der Waals surface area contributed by atoms with E-state index in [0.717, 1.165) is 11.3 Å². The SMILES string of the molecule is CCOC(=O)c1c(-c2cccc([N+](=O)[O-])c2)csc1NC(=O)Cn1cccc(C)c1=O. The van der Waals surface area contributed by atoms with Crippen molar-refractivity contribution < 1.29 is 19.2 Å². The predicted molar refractivity (Wildman–Crippen MR) is 116 cm³/mol. The number of non-ortho nitro benzene ring substituents is 1. The van der Waals surface area contributed by atoms with E-state index in [1.807, 2.05) is 0 Å². The van der Waals surface area contributed by atoms with Crippen molar-refractivity contribution in [2.75, 3.05) is 11.9 Å². The summed E-state index contributed by atoms with van der Waals surface area (Å²) >= 11 is 1.10. The molecule has 160 valence electrons. The van der Waals surface area contributed by atoms with Crippen LogP contribution in [-0.4, -0.2) is 28.0 Å². The molecule has 2 aromatic heterocycles. The molecule has 0 radical (unpaired) electrons. The van der Waals surface area contributed by atoms with Crippen LogP contribution >= 0.6 is 11.3 Å². The summed E-state index contributed by atoms with van der Waals surface area (Å²) in [6.07, 6.45) is 1.50. The minimum Gasteiger partial charge on any atom is -0.462 e. The summed E-state index contributed by atoms with van der Waals surface area (Å²) in [5.74, 6) is -1.15. The molecule has 2 heterocycles. The third-order valence-corrected chi connectivity index (χ3v) is 5.31. The van der Waals surface area contributed by atoms with Gasteiger partial charge in [0.05, 0.1) is 11.5 Å². The molecule has 9 nitrogen and oxygen atoms in total. The average Bonchev–Trinajstić information content (AvgIpc) is 3.15. The fourth-order valence-corrected chi connectivity index (χ4v) is 3.93. The van der Waals surface area contributed by atoms with Gasteiger partial charge >= 0.3 is 5.97 Å². The monoisotopic (exact) mass is 441 g/mol. The molecule has 0 saturated carbocycles. The number of anilines is 1. The summed E-state index contributed by atoms with van der Waals surface area (Å²) in [5.41, 5.74) is 1.07. The predicted octanol–water partition coefficient (Wildman–Crippen LogP) is 3.61. The van der Waals surface area contributed by atoms with E-state index in [1.54, 1.807) is 37.4 Å². The zero-order chi connectivity index (χ0) is 22.5. The first-order chi connectivity index (χ1) is 14.8. The van der Waals surface area contributed by atoms with E-state index in [0.29, 0.717) is 16.7 Å². The number of carbonyl (C=O) groups is 2. The van der Waals surface area contributed by atoms with Crippen LogP contribution < -0.4 is 10.9 Å². The van der Waals surface area contributed by atoms with Crippen LogP contribution in [0.5, 0.6) is 0 Å². The summed E-state index contributed by atoms with van der Waals surface area (Å²) in [7, 11) is 0. The number of thiophene rings is 1. The number of ether oxygens (including phenoxy) is 1. The Bertz CT molecular complexity index is 1210. The molecule has 0 atom stereocenters. The first-order valence-electron chi connectivity index (χ1n) is 9.31. The van der Waals surface area contributed by atoms with E-state index in [4.69, 9.17) is 4.74 Å². The van der Waals surface area contributed by atoms with Crippen LogP contribution in [0.2, 0.25) is 0 Å². The minimum absolute atomic E-state index is 0.109. The standard InChI is InChI=1S/C21H19N3O6S/c1-3-30-21(27)18-16(14-7-4-8-15(10-14)24(28)29)12-31-19(18)22-17(25)11-23-9-5-6-13(2)20(23)26/h4-10,12H,3,11H2,1-2H3,(H,22,25). The second kappa shape index (κ2) is 9.35. The van der Waals surface area contributed by atoms with Gasteiger partial charge in [-0.2, -0.15) is 0 Å². The minimum atomic E-state index is -0.659. The number of benzene rings is 1. The molecule has 1 aromatic carbocycles. The van der Waals surface area contributed by atoms with E-state index < -0.39 is 16.8 Å². The Morgan fingerprint density at radius 3 is 2.74 bits per heavy atom. The molecule has 1 N–H and O–H groups in total. The van der Waals surface area contributed by atoms with Gasteiger partial charge in [-0.15, -0.1) is 11.3 Å². The molecule has 0 bridgehead atoms. The van der Waals surface area contributed by atoms with E-state index >= 15 is 0 Å². The smallest absolute Gasteiger partial charge is 0.341 e. The molecular weight excluding hydrogens is 422 g/mol. The fourth-order valence-electron chi connectivity index (χ4n) is 2.96. The third kappa shape index (κ3) is 4.86. The lowest BCUT2D eigenvalue weighted by Gasteiger charge is -2.10. The van der Waals surface area contributed by atoms with Gasteiger partial charge in [0.15, 0.2) is 0 Å². The molecule has 3 aromatic rings. The van der Waals surface area contributed by atoms with Crippen molar-refractivity contribution in [3.8, 4) is 11.1 Å². The van der Waals surface area contributed by atoms with Crippen molar-refractivity contribution in [1.82, 2.24) is 4.57 Å². The number of rotatable bonds is 7. The molecule has 31 heavy (non-hydrogen) atoms. The van der Waals surface area contributed by atoms with Crippen LogP contribution in [0.1, 0.15) is 22.8 Å². The number of aromatic nitrogens is 1. The summed E-state index contributed by atoms with van der Waals surface area (Å²) in [6.45, 7) is 3.20. The van der Waals surface area contributed by atoms with Gasteiger partial charge in [-0.25, -0.2) is 4.79 Å². The Kier molecular flexibility index (Phi) is 6.61. The highest BCUT2D eigenvalue weighted by Crippen LogP contribution is 2.37. The van der Waals surface area contributed by atoms with Gasteiger partial charge in [-0.3, -0.25) is 19.7 Å². The molecular formula is C21H19N3O6S. The van der Waals surface area contributed by atoms with E-state index in [1.165, 1.54) is 29.0 Å². The van der Waals surface area contributed by atoms with Gasteiger partial charge in [-0.05, 0) is 25.5 Å². The summed E-state index contributed by atoms with van der Waals surface area (Å²) < 4.78 is 6.40. The Morgan fingerprint density at radius 1 is 1.26 bits per heavy atom. The van der Waals surface area contributed by atoms with Crippen molar-refractivity contribution in [1.29, 1.82) is 0 Å². The molecule has 1 amide bonds. The number of amides is 1. The lowest BCUT2D eigenvalue weighted by atomic mass is 10.0. The lowest BCUT2D eigenvalue weighted by Crippen LogP contribution is -2.28. The molecule has 0 unspecified atom stereocenters. The van der Waals surface area contributed by atoms with Crippen LogP contribution in [0.15, 0.2) is 52.8 Å². The molecule has 0 aliphatic rings. The maximum atomic E-state index is 12.6. The van der Waals surface area contributed by atoms with Gasteiger partial charge in [0.1, 0.15) is 17.1 Å². The highest BCUT2D eigenvalue weighted by Gasteiger charge is 2.24. The largest absolute Gasteiger partial charge is 0.462 e. The Balaban J connectivity index is 1.95. The fraction of sp³-hybridized carbons (Fsp3) is 0.190. The number of hydrogen-bond donors (Lipinski definition) is 1. The molecule has 0 aliphatic heterocycles. The average molecular weight is 441 g/mol. The van der Waals surface area contributed by atoms with Crippen molar-refractivity contribution in [2.45, 2.75) is 20.4 Å². The summed E-state index contributed by atoms with van der Waals surface area (Å²) in [5, 5.41) is 15.6. The quantitative estimate of drug-likeness (QED) is 0.340. The number of nitrogens with zero attached hydrogens (tertiary/aromatic N) is 2. The number of carbonyl (C=O) groups excluding carboxylic acids is 2. The zero-order valence-electron chi connectivity index (χ0n) is 16.8. The summed E-state index contributed by atoms with van der Waals surface area (Å²) in [6, 6.07) is 9.17. The number of pyridine rings is 1. The first-order valence-corrected chi connectivity index (χ1v) is 10.2. The zero-order valence-corrected chi connectivity index (χ0v) is 17.6. The van der Waals surface area contributed by atoms with Gasteiger partial charge in [0.2, 0.25) is 5.91 Å². The van der Waals surface area contributed by atoms with Crippen LogP contribution in [0, 0.1) is 17.0 Å². The van der Waals surface area contributed by atoms with Crippen molar-refractivity contribution in [3.63, 3.8) is 0 Å². The van der Waals surface area contributed by atoms with Crippen LogP contribution in [0.4, 0.5) is 10.7 Å². The van der Waals surface area contributed by atoms with E-state index in [-0.39, 0.29) is 35.0 Å². The van der Waals surface area contributed by atoms with Crippen molar-refractivity contribution >= 4 is 33.9 Å². The maximum absolute atomic E-state index is 12.6. The van der Waals surface area contributed by atoms with Gasteiger partial charge < -0.3 is 14.6 Å². The molecule has 0 spiro atoms. The third-order valence-electron chi connectivity index (χ3n) is 4.42. The molecule has 0 fully saturated rings. The Morgan fingerprint density at radius 2 is 2.03 bits per heavy atom. The van der Waals surface area contributed by atoms with Crippen LogP contribution in [0.25, 0.3) is 11.1 Å². The van der Waals surface area contributed by atoms with Crippen LogP contribution in [0.3, 0.4) is 0 Å². The number of nitrogens with one attached hydrogen (secondary N) is 1. The van der Waals surface area contributed by atoms with E-state index in [2.05, 4.69) is 5.32 Å². The Labute approximate surface area is 181 Å². The molecule has 3 rings (SSSR count). The highest BCUT2D eigenvalue weighted by molar-refractivity contribution is 7.15. The van der Waals surface area contributed by atoms with E-state index in [9.17, 15) is 24.5 Å².